The van der Waals surface area contributed by atoms with E-state index in [1.165, 1.54) is 0 Å². The molecule has 4 aliphatic heterocycles. The molecule has 5 heterocycles. The Morgan fingerprint density at radius 1 is 0.918 bits per heavy atom. The number of amides is 4. The number of nitrogens with one attached hydrogen (secondary N) is 3. The van der Waals surface area contributed by atoms with E-state index in [0.717, 1.165) is 74.2 Å². The van der Waals surface area contributed by atoms with Crippen molar-refractivity contribution in [3.8, 4) is 0 Å². The molecule has 1 aromatic heterocycles. The van der Waals surface area contributed by atoms with Gasteiger partial charge in [-0.3, -0.25) is 14.7 Å². The predicted molar refractivity (Wildman–Crippen MR) is 185 cm³/mol. The average Bonchev–Trinajstić information content (AvgIpc) is 3.25. The van der Waals surface area contributed by atoms with Crippen molar-refractivity contribution in [1.82, 2.24) is 29.9 Å². The molecule has 4 amide bonds. The van der Waals surface area contributed by atoms with Crippen molar-refractivity contribution in [3.05, 3.63) is 63.6 Å². The van der Waals surface area contributed by atoms with Crippen molar-refractivity contribution in [3.63, 3.8) is 0 Å². The average molecular weight is 674 g/mol. The van der Waals surface area contributed by atoms with Crippen LogP contribution in [0.3, 0.4) is 0 Å². The molecule has 0 unspecified atom stereocenters. The lowest BCUT2D eigenvalue weighted by Gasteiger charge is -2.39. The lowest BCUT2D eigenvalue weighted by molar-refractivity contribution is -0.142. The van der Waals surface area contributed by atoms with E-state index in [2.05, 4.69) is 20.5 Å². The number of likely N-dealkylation sites (tertiary alicyclic amines) is 2. The number of rotatable bonds is 6. The van der Waals surface area contributed by atoms with Gasteiger partial charge in [0.25, 0.3) is 5.91 Å². The first-order valence-corrected chi connectivity index (χ1v) is 17.8. The first-order chi connectivity index (χ1) is 23.8. The van der Waals surface area contributed by atoms with E-state index in [9.17, 15) is 19.2 Å². The Morgan fingerprint density at radius 3 is 2.49 bits per heavy atom. The number of nitrogens with zero attached hydrogens (tertiary/aromatic N) is 4. The highest BCUT2D eigenvalue weighted by molar-refractivity contribution is 5.91. The maximum Gasteiger partial charge on any atom is 0.417 e. The molecule has 7 rings (SSSR count). The molecule has 3 aromatic rings. The molecular formula is C36H47N7O6. The van der Waals surface area contributed by atoms with Crippen LogP contribution >= 0.6 is 0 Å². The maximum absolute atomic E-state index is 14.1. The number of para-hydroxylation sites is 1. The van der Waals surface area contributed by atoms with Gasteiger partial charge in [0.1, 0.15) is 0 Å². The number of aromatic nitrogens is 1. The fourth-order valence-electron chi connectivity index (χ4n) is 7.99. The minimum atomic E-state index is -1.03. The van der Waals surface area contributed by atoms with Gasteiger partial charge in [0.2, 0.25) is 0 Å². The third-order valence-electron chi connectivity index (χ3n) is 10.7. The van der Waals surface area contributed by atoms with Gasteiger partial charge in [0.15, 0.2) is 11.7 Å². The second-order valence-electron chi connectivity index (χ2n) is 13.8. The van der Waals surface area contributed by atoms with Crippen LogP contribution in [0.2, 0.25) is 0 Å². The molecule has 0 saturated carbocycles. The van der Waals surface area contributed by atoms with Gasteiger partial charge < -0.3 is 34.5 Å². The van der Waals surface area contributed by atoms with Gasteiger partial charge >= 0.3 is 17.9 Å². The molecule has 1 atom stereocenters. The number of piperidine rings is 2. The summed E-state index contributed by atoms with van der Waals surface area (Å²) < 4.78 is 11.4. The van der Waals surface area contributed by atoms with Crippen molar-refractivity contribution in [2.75, 3.05) is 64.2 Å². The lowest BCUT2D eigenvalue weighted by Crippen LogP contribution is -2.52. The number of aromatic amines is 1. The summed E-state index contributed by atoms with van der Waals surface area (Å²) in [6.45, 7) is 8.67. The van der Waals surface area contributed by atoms with E-state index in [4.69, 9.17) is 9.15 Å². The number of H-pyrrole nitrogens is 1. The van der Waals surface area contributed by atoms with E-state index in [-0.39, 0.29) is 24.4 Å². The Morgan fingerprint density at radius 2 is 1.67 bits per heavy atom. The summed E-state index contributed by atoms with van der Waals surface area (Å²) in [6.07, 6.45) is 3.52. The highest BCUT2D eigenvalue weighted by atomic mass is 16.6. The van der Waals surface area contributed by atoms with E-state index in [1.807, 2.05) is 47.1 Å². The molecule has 0 spiro atoms. The number of hydrogen-bond acceptors (Lipinski definition) is 8. The number of aryl methyl sites for hydroxylation is 1. The Balaban J connectivity index is 1.01. The maximum atomic E-state index is 14.1. The van der Waals surface area contributed by atoms with Crippen LogP contribution in [0, 0.1) is 6.92 Å². The Hall–Kier alpha value is -4.36. The van der Waals surface area contributed by atoms with Crippen LogP contribution in [0.15, 0.2) is 45.6 Å². The number of benzene rings is 2. The number of hydrogen-bond donors (Lipinski definition) is 3. The number of ether oxygens (including phenoxy) is 1. The third kappa shape index (κ3) is 7.47. The van der Waals surface area contributed by atoms with Crippen molar-refractivity contribution < 1.29 is 23.5 Å². The van der Waals surface area contributed by atoms with Crippen molar-refractivity contribution >= 4 is 34.8 Å². The molecule has 13 heteroatoms. The molecule has 49 heavy (non-hydrogen) atoms. The minimum absolute atomic E-state index is 0.00257. The number of carbonyl (C=O) groups is 3. The number of urea groups is 1. The van der Waals surface area contributed by atoms with Gasteiger partial charge in [0, 0.05) is 70.0 Å². The molecule has 3 N–H and O–H groups in total. The highest BCUT2D eigenvalue weighted by Crippen LogP contribution is 2.26. The van der Waals surface area contributed by atoms with Crippen molar-refractivity contribution in [2.24, 2.45) is 0 Å². The van der Waals surface area contributed by atoms with Crippen LogP contribution in [-0.4, -0.2) is 120 Å². The molecular weight excluding hydrogens is 626 g/mol. The van der Waals surface area contributed by atoms with Crippen LogP contribution in [0.25, 0.3) is 11.1 Å². The molecule has 3 fully saturated rings. The summed E-state index contributed by atoms with van der Waals surface area (Å²) in [4.78, 5) is 63.4. The first kappa shape index (κ1) is 33.2. The Kier molecular flexibility index (Phi) is 9.90. The molecule has 4 aliphatic rings. The van der Waals surface area contributed by atoms with E-state index < -0.39 is 18.0 Å². The highest BCUT2D eigenvalue weighted by Gasteiger charge is 2.36. The zero-order valence-electron chi connectivity index (χ0n) is 28.2. The molecule has 262 valence electrons. The molecule has 2 aromatic carbocycles. The van der Waals surface area contributed by atoms with Crippen LogP contribution in [0.5, 0.6) is 0 Å². The smallest absolute Gasteiger partial charge is 0.417 e. The Labute approximate surface area is 285 Å². The number of oxazole rings is 1. The Bertz CT molecular complexity index is 1710. The third-order valence-corrected chi connectivity index (χ3v) is 10.7. The molecule has 0 bridgehead atoms. The summed E-state index contributed by atoms with van der Waals surface area (Å²) >= 11 is 0. The van der Waals surface area contributed by atoms with Gasteiger partial charge in [-0.15, -0.1) is 0 Å². The quantitative estimate of drug-likeness (QED) is 0.362. The normalized spacial score (nSPS) is 20.8. The topological polar surface area (TPSA) is 143 Å². The van der Waals surface area contributed by atoms with Crippen LogP contribution in [-0.2, 0) is 22.4 Å². The van der Waals surface area contributed by atoms with E-state index in [1.54, 1.807) is 11.0 Å². The fraction of sp³-hybridized carbons (Fsp3) is 0.556. The molecule has 3 saturated heterocycles. The number of carbonyl (C=O) groups excluding carboxylic acids is 3. The summed E-state index contributed by atoms with van der Waals surface area (Å²) in [5.74, 6) is -0.740. The summed E-state index contributed by atoms with van der Waals surface area (Å²) in [5.41, 5.74) is 4.55. The largest absolute Gasteiger partial charge is 0.436 e. The monoisotopic (exact) mass is 673 g/mol. The standard InChI is InChI=1S/C36H47N7O6/c1-24-21-25(22-30-32(24)39-35(46)48-30)23-31(33(44)41-15-8-27(9-16-41)40-14-4-12-37-13-20-40)49-36(47)42-17-10-28(11-18-42)43-19-7-26-5-2-3-6-29(26)38-34(43)45/h2-3,5-6,21-22,27-28,31,37H,4,7-20,23H2,1H3,(H,38,45)(H,39,46)/t31-/m1/s1. The second-order valence-corrected chi connectivity index (χ2v) is 13.8. The molecule has 13 nitrogen and oxygen atoms in total. The molecule has 0 radical (unpaired) electrons. The minimum Gasteiger partial charge on any atom is -0.436 e. The summed E-state index contributed by atoms with van der Waals surface area (Å²) in [5, 5.41) is 6.51. The summed E-state index contributed by atoms with van der Waals surface area (Å²) in [7, 11) is 0. The zero-order valence-corrected chi connectivity index (χ0v) is 28.2. The van der Waals surface area contributed by atoms with Gasteiger partial charge in [-0.1, -0.05) is 24.3 Å². The SMILES string of the molecule is Cc1cc(C[C@@H](OC(=O)N2CCC(N3CCc4ccccc4NC3=O)CC2)C(=O)N2CCC(N3CCCNCC3)CC2)cc2oc(=O)[nH]c12. The van der Waals surface area contributed by atoms with Crippen LogP contribution in [0.4, 0.5) is 15.3 Å². The number of anilines is 1. The summed E-state index contributed by atoms with van der Waals surface area (Å²) in [6, 6.07) is 11.8. The second kappa shape index (κ2) is 14.6. The van der Waals surface area contributed by atoms with Gasteiger partial charge in [-0.2, -0.15) is 0 Å². The van der Waals surface area contributed by atoms with Crippen molar-refractivity contribution in [2.45, 2.75) is 70.1 Å². The first-order valence-electron chi connectivity index (χ1n) is 17.8. The zero-order chi connectivity index (χ0) is 33.9. The lowest BCUT2D eigenvalue weighted by atomic mass is 10.00. The van der Waals surface area contributed by atoms with Gasteiger partial charge in [0.05, 0.1) is 5.52 Å². The van der Waals surface area contributed by atoms with Gasteiger partial charge in [-0.05, 0) is 87.4 Å². The fourth-order valence-corrected chi connectivity index (χ4v) is 7.99. The van der Waals surface area contributed by atoms with Crippen LogP contribution < -0.4 is 16.4 Å². The van der Waals surface area contributed by atoms with Crippen molar-refractivity contribution in [1.29, 1.82) is 0 Å². The van der Waals surface area contributed by atoms with E-state index in [0.29, 0.717) is 62.7 Å². The van der Waals surface area contributed by atoms with Crippen LogP contribution in [0.1, 0.15) is 48.8 Å². The van der Waals surface area contributed by atoms with Gasteiger partial charge in [-0.25, -0.2) is 14.4 Å². The van der Waals surface area contributed by atoms with E-state index >= 15 is 0 Å². The molecule has 0 aliphatic carbocycles. The predicted octanol–water partition coefficient (Wildman–Crippen LogP) is 3.32. The number of fused-ring (bicyclic) bond motifs is 2.